The molecule has 3 nitrogen and oxygen atoms in total. The largest absolute Gasteiger partial charge is 0.409 e. The van der Waals surface area contributed by atoms with E-state index in [0.29, 0.717) is 12.2 Å². The van der Waals surface area contributed by atoms with Gasteiger partial charge in [0.1, 0.15) is 0 Å². The van der Waals surface area contributed by atoms with Gasteiger partial charge in [0.25, 0.3) is 0 Å². The van der Waals surface area contributed by atoms with Crippen molar-refractivity contribution in [3.05, 3.63) is 28.8 Å². The summed E-state index contributed by atoms with van der Waals surface area (Å²) in [6, 6.07) is 3.71. The zero-order chi connectivity index (χ0) is 17.5. The topological polar surface area (TPSA) is 32.3 Å². The highest BCUT2D eigenvalue weighted by atomic mass is 35.5. The second kappa shape index (κ2) is 6.33. The minimum absolute atomic E-state index is 0.0393. The smallest absolute Gasteiger partial charge is 0.319 e. The van der Waals surface area contributed by atoms with Crippen LogP contribution in [0.15, 0.2) is 18.2 Å². The molecule has 1 N–H and O–H groups in total. The first kappa shape index (κ1) is 17.7. The SMILES string of the molecule is CCCSC1(C(F)(F)F)CN(C2CC2)C(=O)Nc2ccc(Cl)cc21. The molecule has 1 aromatic rings. The standard InChI is InChI=1S/C16H18ClF3N2OS/c1-2-7-24-15(16(18,19)20)9-22(11-4-5-11)14(23)21-13-6-3-10(17)8-12(13)15/h3,6,8,11H,2,4-5,7,9H2,1H3,(H,21,23). The summed E-state index contributed by atoms with van der Waals surface area (Å²) in [7, 11) is 0. The molecular formula is C16H18ClF3N2OS. The molecule has 0 aromatic heterocycles. The molecule has 1 aliphatic carbocycles. The minimum Gasteiger partial charge on any atom is -0.319 e. The van der Waals surface area contributed by atoms with Crippen LogP contribution in [0.1, 0.15) is 31.7 Å². The van der Waals surface area contributed by atoms with Gasteiger partial charge in [0.2, 0.25) is 0 Å². The molecular weight excluding hydrogens is 361 g/mol. The Kier molecular flexibility index (Phi) is 4.68. The highest BCUT2D eigenvalue weighted by Gasteiger charge is 2.60. The zero-order valence-corrected chi connectivity index (χ0v) is 14.7. The number of hydrogen-bond acceptors (Lipinski definition) is 2. The van der Waals surface area contributed by atoms with Crippen LogP contribution in [0.25, 0.3) is 0 Å². The van der Waals surface area contributed by atoms with E-state index in [1.165, 1.54) is 23.1 Å². The van der Waals surface area contributed by atoms with Gasteiger partial charge < -0.3 is 10.2 Å². The summed E-state index contributed by atoms with van der Waals surface area (Å²) in [5, 5.41) is 2.87. The average Bonchev–Trinajstić information content (AvgIpc) is 3.32. The third-order valence-corrected chi connectivity index (χ3v) is 6.23. The Morgan fingerprint density at radius 2 is 2.12 bits per heavy atom. The van der Waals surface area contributed by atoms with E-state index >= 15 is 0 Å². The Morgan fingerprint density at radius 1 is 1.42 bits per heavy atom. The highest BCUT2D eigenvalue weighted by Crippen LogP contribution is 2.54. The number of rotatable bonds is 4. The van der Waals surface area contributed by atoms with Crippen molar-refractivity contribution in [3.63, 3.8) is 0 Å². The van der Waals surface area contributed by atoms with Gasteiger partial charge in [-0.25, -0.2) is 4.79 Å². The monoisotopic (exact) mass is 378 g/mol. The maximum absolute atomic E-state index is 14.3. The van der Waals surface area contributed by atoms with E-state index in [1.54, 1.807) is 0 Å². The number of thioether (sulfide) groups is 1. The highest BCUT2D eigenvalue weighted by molar-refractivity contribution is 8.00. The Bertz CT molecular complexity index is 651. The lowest BCUT2D eigenvalue weighted by Crippen LogP contribution is -2.50. The number of anilines is 1. The first-order valence-electron chi connectivity index (χ1n) is 7.87. The molecule has 1 aliphatic heterocycles. The summed E-state index contributed by atoms with van der Waals surface area (Å²) in [5.41, 5.74) is 0.228. The molecule has 24 heavy (non-hydrogen) atoms. The van der Waals surface area contributed by atoms with E-state index in [-0.39, 0.29) is 28.9 Å². The van der Waals surface area contributed by atoms with Gasteiger partial charge in [0.15, 0.2) is 4.75 Å². The summed E-state index contributed by atoms with van der Waals surface area (Å²) in [4.78, 5) is 13.8. The number of nitrogens with zero attached hydrogens (tertiary/aromatic N) is 1. The number of alkyl halides is 3. The van der Waals surface area contributed by atoms with Crippen LogP contribution in [-0.4, -0.2) is 35.4 Å². The molecule has 1 aromatic carbocycles. The van der Waals surface area contributed by atoms with Crippen LogP contribution in [0, 0.1) is 0 Å². The van der Waals surface area contributed by atoms with Crippen molar-refractivity contribution < 1.29 is 18.0 Å². The van der Waals surface area contributed by atoms with Gasteiger partial charge in [-0.1, -0.05) is 18.5 Å². The predicted molar refractivity (Wildman–Crippen MR) is 90.7 cm³/mol. The molecule has 0 radical (unpaired) electrons. The van der Waals surface area contributed by atoms with Crippen LogP contribution in [0.3, 0.4) is 0 Å². The number of amides is 2. The number of fused-ring (bicyclic) bond motifs is 1. The molecule has 0 spiro atoms. The van der Waals surface area contributed by atoms with Crippen molar-refractivity contribution in [2.75, 3.05) is 17.6 Å². The maximum atomic E-state index is 14.3. The van der Waals surface area contributed by atoms with Gasteiger partial charge in [-0.3, -0.25) is 0 Å². The van der Waals surface area contributed by atoms with E-state index in [2.05, 4.69) is 5.32 Å². The van der Waals surface area contributed by atoms with Crippen LogP contribution < -0.4 is 5.32 Å². The van der Waals surface area contributed by atoms with Gasteiger partial charge in [-0.15, -0.1) is 11.8 Å². The molecule has 1 saturated carbocycles. The van der Waals surface area contributed by atoms with E-state index in [4.69, 9.17) is 11.6 Å². The van der Waals surface area contributed by atoms with Crippen molar-refractivity contribution in [1.29, 1.82) is 0 Å². The third-order valence-electron chi connectivity index (χ3n) is 4.31. The Labute approximate surface area is 147 Å². The molecule has 1 heterocycles. The van der Waals surface area contributed by atoms with Gasteiger partial charge in [-0.2, -0.15) is 13.2 Å². The van der Waals surface area contributed by atoms with Crippen molar-refractivity contribution in [3.8, 4) is 0 Å². The summed E-state index contributed by atoms with van der Waals surface area (Å²) >= 11 is 6.84. The fraction of sp³-hybridized carbons (Fsp3) is 0.562. The molecule has 2 amide bonds. The second-order valence-corrected chi connectivity index (χ2v) is 7.98. The first-order valence-corrected chi connectivity index (χ1v) is 9.23. The van der Waals surface area contributed by atoms with Crippen LogP contribution in [0.2, 0.25) is 5.02 Å². The summed E-state index contributed by atoms with van der Waals surface area (Å²) in [6.45, 7) is 1.46. The lowest BCUT2D eigenvalue weighted by atomic mass is 9.95. The zero-order valence-electron chi connectivity index (χ0n) is 13.1. The quantitative estimate of drug-likeness (QED) is 0.776. The van der Waals surface area contributed by atoms with Crippen LogP contribution >= 0.6 is 23.4 Å². The van der Waals surface area contributed by atoms with Crippen LogP contribution in [0.4, 0.5) is 23.7 Å². The minimum atomic E-state index is -4.51. The molecule has 1 atom stereocenters. The van der Waals surface area contributed by atoms with Gasteiger partial charge in [0, 0.05) is 22.3 Å². The van der Waals surface area contributed by atoms with Crippen molar-refractivity contribution in [1.82, 2.24) is 4.90 Å². The first-order chi connectivity index (χ1) is 11.3. The number of carbonyl (C=O) groups is 1. The average molecular weight is 379 g/mol. The van der Waals surface area contributed by atoms with Gasteiger partial charge >= 0.3 is 12.2 Å². The van der Waals surface area contributed by atoms with Crippen LogP contribution in [-0.2, 0) is 4.75 Å². The molecule has 0 saturated heterocycles. The van der Waals surface area contributed by atoms with E-state index in [9.17, 15) is 18.0 Å². The fourth-order valence-corrected chi connectivity index (χ4v) is 4.39. The number of carbonyl (C=O) groups excluding carboxylic acids is 1. The lowest BCUT2D eigenvalue weighted by Gasteiger charge is -2.38. The van der Waals surface area contributed by atoms with Crippen molar-refractivity contribution >= 4 is 35.1 Å². The number of urea groups is 1. The predicted octanol–water partition coefficient (Wildman–Crippen LogP) is 5.25. The number of halogens is 4. The van der Waals surface area contributed by atoms with E-state index in [1.807, 2.05) is 6.92 Å². The lowest BCUT2D eigenvalue weighted by molar-refractivity contribution is -0.164. The molecule has 1 unspecified atom stereocenters. The second-order valence-electron chi connectivity index (χ2n) is 6.15. The van der Waals surface area contributed by atoms with E-state index < -0.39 is 17.0 Å². The Morgan fingerprint density at radius 3 is 2.71 bits per heavy atom. The molecule has 132 valence electrons. The summed E-state index contributed by atoms with van der Waals surface area (Å²) in [6.07, 6.45) is -2.40. The summed E-state index contributed by atoms with van der Waals surface area (Å²) in [5.74, 6) is 0.345. The van der Waals surface area contributed by atoms with Crippen molar-refractivity contribution in [2.45, 2.75) is 43.2 Å². The number of hydrogen-bond donors (Lipinski definition) is 1. The normalized spacial score (nSPS) is 24.4. The van der Waals surface area contributed by atoms with Crippen LogP contribution in [0.5, 0.6) is 0 Å². The number of nitrogens with one attached hydrogen (secondary N) is 1. The van der Waals surface area contributed by atoms with Gasteiger partial charge in [-0.05, 0) is 43.2 Å². The molecule has 0 bridgehead atoms. The number of benzene rings is 1. The molecule has 1 fully saturated rings. The fourth-order valence-electron chi connectivity index (χ4n) is 2.95. The third kappa shape index (κ3) is 3.08. The maximum Gasteiger partial charge on any atom is 0.409 e. The van der Waals surface area contributed by atoms with Crippen molar-refractivity contribution in [2.24, 2.45) is 0 Å². The Hall–Kier alpha value is -1.08. The van der Waals surface area contributed by atoms with Gasteiger partial charge in [0.05, 0.1) is 6.54 Å². The Balaban J connectivity index is 2.17. The summed E-state index contributed by atoms with van der Waals surface area (Å²) < 4.78 is 40.6. The van der Waals surface area contributed by atoms with E-state index in [0.717, 1.165) is 24.6 Å². The molecule has 3 rings (SSSR count). The molecule has 2 aliphatic rings. The molecule has 8 heteroatoms.